The number of hydrogen-bond donors (Lipinski definition) is 2. The van der Waals surface area contributed by atoms with Gasteiger partial charge in [-0.2, -0.15) is 0 Å². The van der Waals surface area contributed by atoms with Crippen molar-refractivity contribution in [2.24, 2.45) is 11.7 Å². The second kappa shape index (κ2) is 3.75. The van der Waals surface area contributed by atoms with Crippen molar-refractivity contribution < 1.29 is 9.46 Å². The summed E-state index contributed by atoms with van der Waals surface area (Å²) < 4.78 is 11.2. The average Bonchev–Trinajstić information content (AvgIpc) is 2.91. The standard InChI is InChI=1S/C11H16NO2P/c1-2-8-7-11(8,12)9-5-3-4-6-10(9)15(13)14/h3-6,8,15H,2,7,12H2,1H3,(H,13,14)/t8-,11-/m0/s1. The zero-order valence-corrected chi connectivity index (χ0v) is 9.73. The molecule has 0 amide bonds. The zero-order valence-electron chi connectivity index (χ0n) is 8.73. The minimum Gasteiger partial charge on any atom is -0.343 e. The molecule has 1 aromatic carbocycles. The quantitative estimate of drug-likeness (QED) is 0.763. The molecule has 1 aromatic rings. The molecule has 1 unspecified atom stereocenters. The second-order valence-corrected chi connectivity index (χ2v) is 5.35. The molecule has 1 fully saturated rings. The third-order valence-corrected chi connectivity index (χ3v) is 4.20. The van der Waals surface area contributed by atoms with E-state index < -0.39 is 8.03 Å². The second-order valence-electron chi connectivity index (χ2n) is 4.20. The van der Waals surface area contributed by atoms with Gasteiger partial charge >= 0.3 is 0 Å². The van der Waals surface area contributed by atoms with E-state index in [1.165, 1.54) is 0 Å². The molecule has 3 N–H and O–H groups in total. The summed E-state index contributed by atoms with van der Waals surface area (Å²) >= 11 is 0. The molecule has 0 saturated heterocycles. The maximum absolute atomic E-state index is 11.2. The molecule has 1 aliphatic rings. The van der Waals surface area contributed by atoms with E-state index >= 15 is 0 Å². The van der Waals surface area contributed by atoms with Crippen molar-refractivity contribution in [1.29, 1.82) is 0 Å². The summed E-state index contributed by atoms with van der Waals surface area (Å²) in [7, 11) is -2.65. The number of benzene rings is 1. The van der Waals surface area contributed by atoms with Gasteiger partial charge in [0.05, 0.1) is 0 Å². The van der Waals surface area contributed by atoms with Crippen LogP contribution in [0.1, 0.15) is 25.3 Å². The molecular formula is C11H16NO2P. The molecule has 3 nitrogen and oxygen atoms in total. The van der Waals surface area contributed by atoms with E-state index in [2.05, 4.69) is 6.92 Å². The first kappa shape index (κ1) is 10.9. The molecule has 0 heterocycles. The van der Waals surface area contributed by atoms with Crippen LogP contribution in [0, 0.1) is 5.92 Å². The smallest absolute Gasteiger partial charge is 0.218 e. The molecule has 0 aliphatic heterocycles. The van der Waals surface area contributed by atoms with Crippen LogP contribution < -0.4 is 11.0 Å². The molecule has 0 bridgehead atoms. The molecule has 3 atom stereocenters. The fourth-order valence-electron chi connectivity index (χ4n) is 2.26. The fourth-order valence-corrected chi connectivity index (χ4v) is 3.05. The SMILES string of the molecule is CC[C@H]1C[C@@]1(N)c1ccccc1[PH](=O)O. The highest BCUT2D eigenvalue weighted by atomic mass is 31.1. The van der Waals surface area contributed by atoms with Gasteiger partial charge in [0.25, 0.3) is 0 Å². The van der Waals surface area contributed by atoms with Crippen LogP contribution in [0.2, 0.25) is 0 Å². The Morgan fingerprint density at radius 2 is 2.27 bits per heavy atom. The van der Waals surface area contributed by atoms with E-state index in [1.807, 2.05) is 12.1 Å². The Morgan fingerprint density at radius 1 is 1.60 bits per heavy atom. The molecule has 0 aromatic heterocycles. The summed E-state index contributed by atoms with van der Waals surface area (Å²) in [6.07, 6.45) is 1.95. The predicted molar refractivity (Wildman–Crippen MR) is 61.6 cm³/mol. The van der Waals surface area contributed by atoms with Crippen molar-refractivity contribution in [2.45, 2.75) is 25.3 Å². The normalized spacial score (nSPS) is 31.3. The molecule has 0 spiro atoms. The Balaban J connectivity index is 2.41. The van der Waals surface area contributed by atoms with Crippen LogP contribution in [0.3, 0.4) is 0 Å². The van der Waals surface area contributed by atoms with Crippen molar-refractivity contribution in [3.8, 4) is 0 Å². The number of hydrogen-bond acceptors (Lipinski definition) is 2. The van der Waals surface area contributed by atoms with E-state index in [9.17, 15) is 9.46 Å². The Morgan fingerprint density at radius 3 is 2.80 bits per heavy atom. The molecule has 1 saturated carbocycles. The molecule has 0 radical (unpaired) electrons. The first-order chi connectivity index (χ1) is 7.09. The third-order valence-electron chi connectivity index (χ3n) is 3.30. The summed E-state index contributed by atoms with van der Waals surface area (Å²) in [5.74, 6) is 0.458. The molecule has 1 aliphatic carbocycles. The number of rotatable bonds is 3. The molecular weight excluding hydrogens is 209 g/mol. The number of nitrogens with two attached hydrogens (primary N) is 1. The van der Waals surface area contributed by atoms with Gasteiger partial charge in [-0.1, -0.05) is 31.5 Å². The first-order valence-corrected chi connectivity index (χ1v) is 6.57. The van der Waals surface area contributed by atoms with Crippen molar-refractivity contribution in [1.82, 2.24) is 0 Å². The van der Waals surface area contributed by atoms with Crippen LogP contribution in [-0.4, -0.2) is 4.89 Å². The van der Waals surface area contributed by atoms with Gasteiger partial charge in [-0.15, -0.1) is 0 Å². The minimum atomic E-state index is -2.65. The fraction of sp³-hybridized carbons (Fsp3) is 0.455. The van der Waals surface area contributed by atoms with E-state index in [1.54, 1.807) is 12.1 Å². The van der Waals surface area contributed by atoms with E-state index in [4.69, 9.17) is 5.73 Å². The Labute approximate surface area is 90.2 Å². The van der Waals surface area contributed by atoms with Gasteiger partial charge in [0, 0.05) is 10.8 Å². The maximum atomic E-state index is 11.2. The van der Waals surface area contributed by atoms with Gasteiger partial charge in [-0.25, -0.2) is 0 Å². The summed E-state index contributed by atoms with van der Waals surface area (Å²) in [5.41, 5.74) is 6.74. The molecule has 82 valence electrons. The van der Waals surface area contributed by atoms with E-state index in [-0.39, 0.29) is 5.54 Å². The first-order valence-electron chi connectivity index (χ1n) is 5.21. The summed E-state index contributed by atoms with van der Waals surface area (Å²) in [4.78, 5) is 9.25. The lowest BCUT2D eigenvalue weighted by Gasteiger charge is -2.14. The maximum Gasteiger partial charge on any atom is 0.218 e. The van der Waals surface area contributed by atoms with Gasteiger partial charge in [0.15, 0.2) is 0 Å². The van der Waals surface area contributed by atoms with Crippen LogP contribution in [0.4, 0.5) is 0 Å². The minimum absolute atomic E-state index is 0.353. The van der Waals surface area contributed by atoms with Crippen LogP contribution in [0.25, 0.3) is 0 Å². The van der Waals surface area contributed by atoms with Crippen molar-refractivity contribution in [3.05, 3.63) is 29.8 Å². The Kier molecular flexibility index (Phi) is 2.72. The lowest BCUT2D eigenvalue weighted by molar-refractivity contribution is 0.512. The predicted octanol–water partition coefficient (Wildman–Crippen LogP) is 1.36. The van der Waals surface area contributed by atoms with Crippen molar-refractivity contribution in [3.63, 3.8) is 0 Å². The van der Waals surface area contributed by atoms with Crippen LogP contribution in [0.15, 0.2) is 24.3 Å². The van der Waals surface area contributed by atoms with Crippen LogP contribution >= 0.6 is 8.03 Å². The van der Waals surface area contributed by atoms with Crippen molar-refractivity contribution >= 4 is 13.3 Å². The molecule has 15 heavy (non-hydrogen) atoms. The largest absolute Gasteiger partial charge is 0.343 e. The van der Waals surface area contributed by atoms with Gasteiger partial charge < -0.3 is 10.6 Å². The molecule has 4 heteroatoms. The average molecular weight is 225 g/mol. The van der Waals surface area contributed by atoms with Gasteiger partial charge in [0.2, 0.25) is 8.03 Å². The lowest BCUT2D eigenvalue weighted by Crippen LogP contribution is -2.27. The van der Waals surface area contributed by atoms with E-state index in [0.717, 1.165) is 18.4 Å². The van der Waals surface area contributed by atoms with Gasteiger partial charge in [-0.05, 0) is 24.0 Å². The Hall–Kier alpha value is -0.630. The van der Waals surface area contributed by atoms with Gasteiger partial charge in [-0.3, -0.25) is 4.57 Å². The van der Waals surface area contributed by atoms with Crippen LogP contribution in [0.5, 0.6) is 0 Å². The van der Waals surface area contributed by atoms with Gasteiger partial charge in [0.1, 0.15) is 0 Å². The monoisotopic (exact) mass is 225 g/mol. The summed E-state index contributed by atoms with van der Waals surface area (Å²) in [5, 5.41) is 0.529. The lowest BCUT2D eigenvalue weighted by atomic mass is 10.0. The van der Waals surface area contributed by atoms with Crippen molar-refractivity contribution in [2.75, 3.05) is 0 Å². The highest BCUT2D eigenvalue weighted by Crippen LogP contribution is 2.51. The summed E-state index contributed by atoms with van der Waals surface area (Å²) in [6, 6.07) is 7.24. The third kappa shape index (κ3) is 1.76. The Bertz CT molecular complexity index is 407. The molecule has 2 rings (SSSR count). The summed E-state index contributed by atoms with van der Waals surface area (Å²) in [6.45, 7) is 2.10. The van der Waals surface area contributed by atoms with E-state index in [0.29, 0.717) is 11.2 Å². The topological polar surface area (TPSA) is 63.3 Å². The highest BCUT2D eigenvalue weighted by Gasteiger charge is 2.51. The highest BCUT2D eigenvalue weighted by molar-refractivity contribution is 7.47. The zero-order chi connectivity index (χ0) is 11.1. The van der Waals surface area contributed by atoms with Crippen LogP contribution in [-0.2, 0) is 10.1 Å².